The molecule has 8 nitrogen and oxygen atoms in total. The first kappa shape index (κ1) is 24.3. The van der Waals surface area contributed by atoms with Crippen molar-refractivity contribution in [3.8, 4) is 11.5 Å². The molecule has 0 spiro atoms. The normalized spacial score (nSPS) is 14.0. The van der Waals surface area contributed by atoms with E-state index in [9.17, 15) is 19.3 Å². The van der Waals surface area contributed by atoms with Crippen LogP contribution >= 0.6 is 22.6 Å². The molecule has 0 aromatic heterocycles. The average molecular weight is 588 g/mol. The number of benzene rings is 3. The van der Waals surface area contributed by atoms with Crippen molar-refractivity contribution in [3.05, 3.63) is 103 Å². The molecule has 0 bridgehead atoms. The Morgan fingerprint density at radius 1 is 1.14 bits per heavy atom. The summed E-state index contributed by atoms with van der Waals surface area (Å²) in [5, 5.41) is 11.0. The van der Waals surface area contributed by atoms with Crippen LogP contribution in [0.2, 0.25) is 0 Å². The Labute approximate surface area is 213 Å². The Morgan fingerprint density at radius 3 is 2.69 bits per heavy atom. The van der Waals surface area contributed by atoms with E-state index in [2.05, 4.69) is 27.6 Å². The molecule has 3 aromatic rings. The van der Waals surface area contributed by atoms with Gasteiger partial charge in [0.05, 0.1) is 20.7 Å². The zero-order valence-corrected chi connectivity index (χ0v) is 20.5. The first-order valence-electron chi connectivity index (χ1n) is 10.5. The van der Waals surface area contributed by atoms with Crippen molar-refractivity contribution in [2.24, 2.45) is 4.99 Å². The zero-order valence-electron chi connectivity index (χ0n) is 18.4. The quantitative estimate of drug-likeness (QED) is 0.111. The predicted octanol–water partition coefficient (Wildman–Crippen LogP) is 5.66. The second-order valence-electron chi connectivity index (χ2n) is 7.29. The van der Waals surface area contributed by atoms with Gasteiger partial charge in [-0.3, -0.25) is 10.1 Å². The smallest absolute Gasteiger partial charge is 0.363 e. The summed E-state index contributed by atoms with van der Waals surface area (Å²) in [5.74, 6) is -0.441. The highest BCUT2D eigenvalue weighted by Crippen LogP contribution is 2.36. The summed E-state index contributed by atoms with van der Waals surface area (Å²) in [7, 11) is 0. The van der Waals surface area contributed by atoms with Crippen molar-refractivity contribution in [3.63, 3.8) is 0 Å². The molecule has 0 radical (unpaired) electrons. The maximum absolute atomic E-state index is 14.1. The van der Waals surface area contributed by atoms with Crippen molar-refractivity contribution in [2.45, 2.75) is 13.5 Å². The van der Waals surface area contributed by atoms with Crippen molar-refractivity contribution in [1.29, 1.82) is 0 Å². The van der Waals surface area contributed by atoms with Gasteiger partial charge in [0.25, 0.3) is 5.69 Å². The summed E-state index contributed by atoms with van der Waals surface area (Å²) in [6, 6.07) is 15.5. The van der Waals surface area contributed by atoms with Crippen LogP contribution in [0, 0.1) is 19.5 Å². The van der Waals surface area contributed by atoms with Crippen LogP contribution in [0.15, 0.2) is 71.4 Å². The van der Waals surface area contributed by atoms with Gasteiger partial charge in [-0.2, -0.15) is 0 Å². The minimum absolute atomic E-state index is 0.0202. The molecule has 0 saturated carbocycles. The fourth-order valence-electron chi connectivity index (χ4n) is 3.31. The number of hydrogen-bond acceptors (Lipinski definition) is 7. The summed E-state index contributed by atoms with van der Waals surface area (Å²) >= 11 is 2.08. The lowest BCUT2D eigenvalue weighted by Gasteiger charge is -2.15. The van der Waals surface area contributed by atoms with Gasteiger partial charge < -0.3 is 14.2 Å². The third-order valence-electron chi connectivity index (χ3n) is 4.86. The predicted molar refractivity (Wildman–Crippen MR) is 135 cm³/mol. The number of nitrogens with zero attached hydrogens (tertiary/aromatic N) is 2. The maximum Gasteiger partial charge on any atom is 0.363 e. The molecule has 0 unspecified atom stereocenters. The number of rotatable bonds is 8. The Hall–Kier alpha value is -3.80. The van der Waals surface area contributed by atoms with Crippen LogP contribution in [0.25, 0.3) is 6.08 Å². The first-order chi connectivity index (χ1) is 16.9. The number of nitro groups is 1. The second kappa shape index (κ2) is 10.6. The summed E-state index contributed by atoms with van der Waals surface area (Å²) < 4.78 is 31.6. The van der Waals surface area contributed by atoms with Crippen LogP contribution in [0.3, 0.4) is 0 Å². The van der Waals surface area contributed by atoms with Crippen molar-refractivity contribution in [2.75, 3.05) is 6.61 Å². The Balaban J connectivity index is 1.61. The molecule has 35 heavy (non-hydrogen) atoms. The average Bonchev–Trinajstić information content (AvgIpc) is 3.19. The van der Waals surface area contributed by atoms with E-state index in [0.717, 1.165) is 0 Å². The number of aliphatic imine (C=N–C) groups is 1. The number of halogens is 2. The van der Waals surface area contributed by atoms with Crippen molar-refractivity contribution >= 4 is 46.2 Å². The van der Waals surface area contributed by atoms with Gasteiger partial charge in [0.1, 0.15) is 12.4 Å². The van der Waals surface area contributed by atoms with E-state index in [1.165, 1.54) is 36.4 Å². The summed E-state index contributed by atoms with van der Waals surface area (Å²) in [6.07, 6.45) is 1.52. The van der Waals surface area contributed by atoms with Crippen molar-refractivity contribution in [1.82, 2.24) is 0 Å². The van der Waals surface area contributed by atoms with Crippen LogP contribution in [0.5, 0.6) is 11.5 Å². The molecular weight excluding hydrogens is 570 g/mol. The molecule has 0 fully saturated rings. The number of cyclic esters (lactones) is 1. The molecule has 0 N–H and O–H groups in total. The molecule has 0 atom stereocenters. The monoisotopic (exact) mass is 588 g/mol. The Bertz CT molecular complexity index is 1370. The fourth-order valence-corrected chi connectivity index (χ4v) is 4.09. The highest BCUT2D eigenvalue weighted by atomic mass is 127. The third kappa shape index (κ3) is 5.65. The van der Waals surface area contributed by atoms with E-state index in [4.69, 9.17) is 14.2 Å². The highest BCUT2D eigenvalue weighted by molar-refractivity contribution is 14.1. The standard InChI is InChI=1S/C25H18FIN2O6/c1-2-33-22-13-16(12-21-25(30)35-24(28-21)18-8-3-4-9-19(18)26)11-20(27)23(22)34-14-15-6-5-7-17(10-15)29(31)32/h3-13H,2,14H2,1H3/b21-12-. The van der Waals surface area contributed by atoms with E-state index < -0.39 is 16.7 Å². The molecular formula is C25H18FIN2O6. The van der Waals surface area contributed by atoms with Gasteiger partial charge in [-0.15, -0.1) is 0 Å². The molecule has 4 rings (SSSR count). The van der Waals surface area contributed by atoms with Crippen LogP contribution in [0.1, 0.15) is 23.6 Å². The van der Waals surface area contributed by atoms with Crippen LogP contribution in [-0.4, -0.2) is 23.4 Å². The molecule has 10 heteroatoms. The molecule has 0 saturated heterocycles. The van der Waals surface area contributed by atoms with Gasteiger partial charge in [-0.1, -0.05) is 24.3 Å². The number of ether oxygens (including phenoxy) is 3. The van der Waals surface area contributed by atoms with E-state index in [-0.39, 0.29) is 29.5 Å². The largest absolute Gasteiger partial charge is 0.490 e. The molecule has 178 valence electrons. The molecule has 0 aliphatic carbocycles. The van der Waals surface area contributed by atoms with Gasteiger partial charge in [-0.05, 0) is 71.0 Å². The maximum atomic E-state index is 14.1. The third-order valence-corrected chi connectivity index (χ3v) is 5.67. The van der Waals surface area contributed by atoms with Crippen molar-refractivity contribution < 1.29 is 28.3 Å². The first-order valence-corrected chi connectivity index (χ1v) is 11.5. The number of nitro benzene ring substituents is 1. The lowest BCUT2D eigenvalue weighted by molar-refractivity contribution is -0.384. The van der Waals surface area contributed by atoms with Gasteiger partial charge in [0, 0.05) is 12.1 Å². The lowest BCUT2D eigenvalue weighted by atomic mass is 10.1. The van der Waals surface area contributed by atoms with E-state index in [1.807, 2.05) is 6.92 Å². The SMILES string of the molecule is CCOc1cc(/C=C2\N=C(c3ccccc3F)OC2=O)cc(I)c1OCc1cccc([N+](=O)[O-])c1. The van der Waals surface area contributed by atoms with E-state index in [1.54, 1.807) is 30.3 Å². The summed E-state index contributed by atoms with van der Waals surface area (Å²) in [4.78, 5) is 27.1. The Kier molecular flexibility index (Phi) is 7.39. The number of carbonyl (C=O) groups is 1. The highest BCUT2D eigenvalue weighted by Gasteiger charge is 2.26. The minimum atomic E-state index is -0.692. The summed E-state index contributed by atoms with van der Waals surface area (Å²) in [6.45, 7) is 2.28. The van der Waals surface area contributed by atoms with E-state index >= 15 is 0 Å². The second-order valence-corrected chi connectivity index (χ2v) is 8.46. The minimum Gasteiger partial charge on any atom is -0.490 e. The number of esters is 1. The van der Waals surface area contributed by atoms with Crippen LogP contribution in [0.4, 0.5) is 10.1 Å². The number of non-ortho nitro benzene ring substituents is 1. The van der Waals surface area contributed by atoms with Gasteiger partial charge in [0.2, 0.25) is 5.90 Å². The van der Waals surface area contributed by atoms with Crippen LogP contribution in [-0.2, 0) is 16.1 Å². The zero-order chi connectivity index (χ0) is 24.9. The van der Waals surface area contributed by atoms with Crippen LogP contribution < -0.4 is 9.47 Å². The molecule has 3 aromatic carbocycles. The molecule has 1 aliphatic rings. The molecule has 0 amide bonds. The topological polar surface area (TPSA) is 100 Å². The Morgan fingerprint density at radius 2 is 1.94 bits per heavy atom. The number of hydrogen-bond donors (Lipinski definition) is 0. The fraction of sp³-hybridized carbons (Fsp3) is 0.120. The lowest BCUT2D eigenvalue weighted by Crippen LogP contribution is -2.07. The summed E-state index contributed by atoms with van der Waals surface area (Å²) in [5.41, 5.74) is 1.33. The molecule has 1 heterocycles. The van der Waals surface area contributed by atoms with Gasteiger partial charge >= 0.3 is 5.97 Å². The molecule has 1 aliphatic heterocycles. The van der Waals surface area contributed by atoms with Gasteiger partial charge in [0.15, 0.2) is 17.2 Å². The van der Waals surface area contributed by atoms with Gasteiger partial charge in [-0.25, -0.2) is 14.2 Å². The number of carbonyl (C=O) groups excluding carboxylic acids is 1. The van der Waals surface area contributed by atoms with E-state index in [0.29, 0.717) is 32.8 Å².